The van der Waals surface area contributed by atoms with Crippen LogP contribution in [0.1, 0.15) is 38.7 Å². The van der Waals surface area contributed by atoms with E-state index < -0.39 is 54.0 Å². The Morgan fingerprint density at radius 1 is 0.912 bits per heavy atom. The number of hydrogen-bond donors (Lipinski definition) is 8. The highest BCUT2D eigenvalue weighted by atomic mass is 16.4. The monoisotopic (exact) mass is 481 g/mol. The molecule has 0 aliphatic heterocycles. The third-order valence-electron chi connectivity index (χ3n) is 5.05. The molecule has 0 spiro atoms. The van der Waals surface area contributed by atoms with Crippen LogP contribution in [0, 0.1) is 0 Å². The van der Waals surface area contributed by atoms with Crippen molar-refractivity contribution in [1.29, 1.82) is 0 Å². The molecule has 12 heteroatoms. The van der Waals surface area contributed by atoms with Crippen LogP contribution in [0.15, 0.2) is 24.3 Å². The average Bonchev–Trinajstić information content (AvgIpc) is 2.76. The molecule has 10 N–H and O–H groups in total. The third kappa shape index (κ3) is 9.73. The number of aliphatic carboxylic acids is 1. The number of phenolic OH excluding ortho intramolecular Hbond substituents is 1. The molecule has 1 aromatic carbocycles. The number of amides is 3. The smallest absolute Gasteiger partial charge is 0.328 e. The van der Waals surface area contributed by atoms with Crippen molar-refractivity contribution in [3.8, 4) is 5.75 Å². The first-order valence-electron chi connectivity index (χ1n) is 11.0. The number of benzene rings is 1. The van der Waals surface area contributed by atoms with Crippen LogP contribution in [0.2, 0.25) is 0 Å². The fourth-order valence-electron chi connectivity index (χ4n) is 3.06. The van der Waals surface area contributed by atoms with Gasteiger partial charge in [0.2, 0.25) is 17.7 Å². The van der Waals surface area contributed by atoms with Crippen LogP contribution in [-0.2, 0) is 25.6 Å². The van der Waals surface area contributed by atoms with Gasteiger partial charge in [0.05, 0.1) is 12.1 Å². The second-order valence-electron chi connectivity index (χ2n) is 8.13. The maximum Gasteiger partial charge on any atom is 0.328 e. The summed E-state index contributed by atoms with van der Waals surface area (Å²) in [6.07, 6.45) is -0.0301. The second kappa shape index (κ2) is 14.1. The number of aromatic hydroxyl groups is 1. The van der Waals surface area contributed by atoms with Crippen molar-refractivity contribution >= 4 is 23.7 Å². The minimum atomic E-state index is -1.59. The molecule has 0 aliphatic rings. The van der Waals surface area contributed by atoms with Crippen LogP contribution in [0.4, 0.5) is 0 Å². The quantitative estimate of drug-likeness (QED) is 0.142. The lowest BCUT2D eigenvalue weighted by atomic mass is 10.0. The van der Waals surface area contributed by atoms with Crippen LogP contribution in [-0.4, -0.2) is 75.8 Å². The van der Waals surface area contributed by atoms with E-state index in [2.05, 4.69) is 16.0 Å². The van der Waals surface area contributed by atoms with E-state index in [-0.39, 0.29) is 18.6 Å². The highest BCUT2D eigenvalue weighted by molar-refractivity contribution is 5.94. The topological polar surface area (TPSA) is 217 Å². The van der Waals surface area contributed by atoms with E-state index in [9.17, 15) is 34.5 Å². The van der Waals surface area contributed by atoms with Crippen molar-refractivity contribution in [2.45, 2.75) is 69.8 Å². The summed E-state index contributed by atoms with van der Waals surface area (Å²) in [5.41, 5.74) is 11.7. The van der Waals surface area contributed by atoms with Crippen LogP contribution in [0.3, 0.4) is 0 Å². The van der Waals surface area contributed by atoms with Gasteiger partial charge in [0, 0.05) is 6.42 Å². The molecule has 1 aromatic rings. The third-order valence-corrected chi connectivity index (χ3v) is 5.05. The summed E-state index contributed by atoms with van der Waals surface area (Å²) in [7, 11) is 0. The molecule has 34 heavy (non-hydrogen) atoms. The molecule has 5 atom stereocenters. The van der Waals surface area contributed by atoms with E-state index >= 15 is 0 Å². The van der Waals surface area contributed by atoms with Crippen LogP contribution < -0.4 is 27.4 Å². The van der Waals surface area contributed by atoms with Gasteiger partial charge in [-0.2, -0.15) is 0 Å². The van der Waals surface area contributed by atoms with E-state index in [1.54, 1.807) is 12.1 Å². The van der Waals surface area contributed by atoms with Gasteiger partial charge in [-0.05, 0) is 57.4 Å². The molecule has 0 saturated carbocycles. The van der Waals surface area contributed by atoms with E-state index in [0.29, 0.717) is 24.9 Å². The average molecular weight is 482 g/mol. The lowest BCUT2D eigenvalue weighted by Gasteiger charge is -2.25. The van der Waals surface area contributed by atoms with Gasteiger partial charge in [-0.3, -0.25) is 14.4 Å². The Morgan fingerprint density at radius 2 is 1.47 bits per heavy atom. The van der Waals surface area contributed by atoms with Crippen molar-refractivity contribution in [1.82, 2.24) is 16.0 Å². The Balaban J connectivity index is 3.12. The van der Waals surface area contributed by atoms with Gasteiger partial charge < -0.3 is 42.7 Å². The number of rotatable bonds is 14. The summed E-state index contributed by atoms with van der Waals surface area (Å²) in [5, 5.41) is 35.8. The number of carbonyl (C=O) groups excluding carboxylic acids is 3. The Morgan fingerprint density at radius 3 is 1.97 bits per heavy atom. The fraction of sp³-hybridized carbons (Fsp3) is 0.545. The summed E-state index contributed by atoms with van der Waals surface area (Å²) < 4.78 is 0. The molecule has 3 amide bonds. The number of carboxylic acids is 1. The van der Waals surface area contributed by atoms with Crippen molar-refractivity contribution in [3.05, 3.63) is 29.8 Å². The van der Waals surface area contributed by atoms with Gasteiger partial charge in [-0.25, -0.2) is 4.79 Å². The predicted molar refractivity (Wildman–Crippen MR) is 123 cm³/mol. The van der Waals surface area contributed by atoms with E-state index in [1.807, 2.05) is 0 Å². The minimum Gasteiger partial charge on any atom is -0.508 e. The number of phenols is 1. The molecule has 5 unspecified atom stereocenters. The molecule has 12 nitrogen and oxygen atoms in total. The second-order valence-corrected chi connectivity index (χ2v) is 8.13. The number of nitrogens with one attached hydrogen (secondary N) is 3. The molecular weight excluding hydrogens is 446 g/mol. The maximum absolute atomic E-state index is 13.0. The van der Waals surface area contributed by atoms with Crippen LogP contribution in [0.5, 0.6) is 5.75 Å². The molecule has 0 aliphatic carbocycles. The first-order valence-corrected chi connectivity index (χ1v) is 11.0. The van der Waals surface area contributed by atoms with Crippen LogP contribution >= 0.6 is 0 Å². The number of unbranched alkanes of at least 4 members (excludes halogenated alkanes) is 1. The van der Waals surface area contributed by atoms with Gasteiger partial charge in [0.1, 0.15) is 17.8 Å². The zero-order valence-corrected chi connectivity index (χ0v) is 19.4. The number of nitrogens with two attached hydrogens (primary N) is 2. The van der Waals surface area contributed by atoms with Crippen molar-refractivity contribution in [3.63, 3.8) is 0 Å². The molecular formula is C22H35N5O7. The van der Waals surface area contributed by atoms with Gasteiger partial charge in [-0.15, -0.1) is 0 Å². The summed E-state index contributed by atoms with van der Waals surface area (Å²) in [5.74, 6) is -3.48. The van der Waals surface area contributed by atoms with Crippen molar-refractivity contribution in [2.24, 2.45) is 11.5 Å². The van der Waals surface area contributed by atoms with Crippen LogP contribution in [0.25, 0.3) is 0 Å². The molecule has 0 bridgehead atoms. The molecule has 0 fully saturated rings. The number of aliphatic hydroxyl groups excluding tert-OH is 1. The number of carboxylic acid groups (broad SMARTS) is 1. The SMILES string of the molecule is CC(N)C(=O)NC(CCCCN)C(=O)NC(Cc1ccc(O)cc1)C(=O)NC(C(=O)O)C(C)O. The Bertz CT molecular complexity index is 829. The predicted octanol–water partition coefficient (Wildman–Crippen LogP) is -1.67. The Kier molecular flexibility index (Phi) is 12.0. The standard InChI is InChI=1S/C22H35N5O7/c1-12(24)19(30)25-16(5-3-4-10-23)20(31)26-17(11-14-6-8-15(29)9-7-14)21(32)27-18(13(2)28)22(33)34/h6-9,12-13,16-18,28-29H,3-5,10-11,23-24H2,1-2H3,(H,25,30)(H,26,31)(H,27,32)(H,33,34). The fourth-order valence-corrected chi connectivity index (χ4v) is 3.06. The zero-order chi connectivity index (χ0) is 25.8. The number of carbonyl (C=O) groups is 4. The highest BCUT2D eigenvalue weighted by Crippen LogP contribution is 2.12. The normalized spacial score (nSPS) is 15.3. The molecule has 0 radical (unpaired) electrons. The largest absolute Gasteiger partial charge is 0.508 e. The summed E-state index contributed by atoms with van der Waals surface area (Å²) in [6.45, 7) is 3.08. The summed E-state index contributed by atoms with van der Waals surface area (Å²) >= 11 is 0. The number of aliphatic hydroxyl groups is 1. The first-order chi connectivity index (χ1) is 16.0. The highest BCUT2D eigenvalue weighted by Gasteiger charge is 2.31. The Hall–Kier alpha value is -3.22. The summed E-state index contributed by atoms with van der Waals surface area (Å²) in [6, 6.07) is 1.21. The summed E-state index contributed by atoms with van der Waals surface area (Å²) in [4.78, 5) is 49.4. The van der Waals surface area contributed by atoms with E-state index in [0.717, 1.165) is 0 Å². The molecule has 1 rings (SSSR count). The lowest BCUT2D eigenvalue weighted by Crippen LogP contribution is -2.58. The van der Waals surface area contributed by atoms with Gasteiger partial charge >= 0.3 is 5.97 Å². The molecule has 0 aromatic heterocycles. The lowest BCUT2D eigenvalue weighted by molar-refractivity contribution is -0.145. The zero-order valence-electron chi connectivity index (χ0n) is 19.4. The molecule has 190 valence electrons. The van der Waals surface area contributed by atoms with Gasteiger partial charge in [-0.1, -0.05) is 12.1 Å². The first kappa shape index (κ1) is 28.8. The van der Waals surface area contributed by atoms with Gasteiger partial charge in [0.25, 0.3) is 0 Å². The van der Waals surface area contributed by atoms with Crippen molar-refractivity contribution < 1.29 is 34.5 Å². The van der Waals surface area contributed by atoms with E-state index in [4.69, 9.17) is 11.5 Å². The minimum absolute atomic E-state index is 0.00687. The van der Waals surface area contributed by atoms with E-state index in [1.165, 1.54) is 26.0 Å². The molecule has 0 saturated heterocycles. The Labute approximate surface area is 198 Å². The number of hydrogen-bond acceptors (Lipinski definition) is 8. The van der Waals surface area contributed by atoms with Crippen molar-refractivity contribution in [2.75, 3.05) is 6.54 Å². The maximum atomic E-state index is 13.0. The van der Waals surface area contributed by atoms with Gasteiger partial charge in [0.15, 0.2) is 6.04 Å². The molecule has 0 heterocycles.